The summed E-state index contributed by atoms with van der Waals surface area (Å²) >= 11 is 0. The number of aliphatic carboxylic acids is 1. The molecule has 2 fully saturated rings. The molecule has 0 bridgehead atoms. The molecule has 0 aromatic rings. The largest absolute Gasteiger partial charge is 0.479 e. The number of urea groups is 1. The Labute approximate surface area is 187 Å². The predicted octanol–water partition coefficient (Wildman–Crippen LogP) is -0.417. The van der Waals surface area contributed by atoms with Crippen molar-refractivity contribution in [2.24, 2.45) is 11.3 Å². The summed E-state index contributed by atoms with van der Waals surface area (Å²) in [5.41, 5.74) is -2.05. The number of hydrogen-bond donors (Lipinski definition) is 5. The number of carboxylic acids is 1. The molecule has 2 aliphatic rings. The van der Waals surface area contributed by atoms with Gasteiger partial charge in [0.1, 0.15) is 17.6 Å². The van der Waals surface area contributed by atoms with E-state index in [0.29, 0.717) is 19.4 Å². The van der Waals surface area contributed by atoms with Crippen LogP contribution in [0.5, 0.6) is 0 Å². The Morgan fingerprint density at radius 3 is 2.41 bits per heavy atom. The first-order valence-corrected chi connectivity index (χ1v) is 10.6. The van der Waals surface area contributed by atoms with Crippen molar-refractivity contribution in [3.63, 3.8) is 0 Å². The van der Waals surface area contributed by atoms with Crippen molar-refractivity contribution < 1.29 is 29.1 Å². The topological polar surface area (TPSA) is 157 Å². The zero-order valence-corrected chi connectivity index (χ0v) is 19.0. The van der Waals surface area contributed by atoms with Gasteiger partial charge in [-0.3, -0.25) is 14.4 Å². The molecule has 4 atom stereocenters. The zero-order chi connectivity index (χ0) is 24.3. The van der Waals surface area contributed by atoms with Crippen LogP contribution in [0.4, 0.5) is 4.79 Å². The summed E-state index contributed by atoms with van der Waals surface area (Å²) in [5.74, 6) is -2.93. The molecule has 1 aliphatic heterocycles. The molecule has 0 unspecified atom stereocenters. The van der Waals surface area contributed by atoms with Crippen molar-refractivity contribution in [2.75, 3.05) is 20.1 Å². The van der Waals surface area contributed by atoms with E-state index >= 15 is 0 Å². The average Bonchev–Trinajstić information content (AvgIpc) is 3.21. The average molecular weight is 452 g/mol. The fourth-order valence-corrected chi connectivity index (χ4v) is 3.84. The van der Waals surface area contributed by atoms with E-state index < -0.39 is 46.9 Å². The van der Waals surface area contributed by atoms with Gasteiger partial charge < -0.3 is 31.3 Å². The summed E-state index contributed by atoms with van der Waals surface area (Å²) in [6, 6.07) is -2.40. The quantitative estimate of drug-likeness (QED) is 0.316. The van der Waals surface area contributed by atoms with E-state index in [1.54, 1.807) is 20.8 Å². The van der Waals surface area contributed by atoms with Crippen molar-refractivity contribution >= 4 is 29.7 Å². The van der Waals surface area contributed by atoms with Gasteiger partial charge in [-0.05, 0) is 24.7 Å². The molecular formula is C21H33N5O6. The number of carbonyl (C=O) groups is 5. The molecule has 1 saturated heterocycles. The maximum absolute atomic E-state index is 13.0. The minimum Gasteiger partial charge on any atom is -0.479 e. The molecule has 5 N–H and O–H groups in total. The number of rotatable bonds is 8. The van der Waals surface area contributed by atoms with Gasteiger partial charge in [0.05, 0.1) is 6.54 Å². The van der Waals surface area contributed by atoms with E-state index in [1.165, 1.54) is 18.0 Å². The molecule has 11 nitrogen and oxygen atoms in total. The van der Waals surface area contributed by atoms with Gasteiger partial charge in [-0.2, -0.15) is 0 Å². The monoisotopic (exact) mass is 451 g/mol. The standard InChI is InChI=1S/C21H33N5O6/c1-6-12-10-21(12,18(30)31)25-16(28)13-8-7-9-26(13)19(32)24-15(20(2,3)4)17(29)23-11-14(27)22-5/h6,12-13,15H,1,7-11H2,2-5H3,(H,22,27)(H,23,29)(H,24,32)(H,25,28)(H,30,31)/t12-,13+,15-,21-/m1/s1. The van der Waals surface area contributed by atoms with E-state index in [9.17, 15) is 29.1 Å². The predicted molar refractivity (Wildman–Crippen MR) is 115 cm³/mol. The van der Waals surface area contributed by atoms with Crippen LogP contribution in [0.2, 0.25) is 0 Å². The minimum atomic E-state index is -1.38. The molecule has 1 aliphatic carbocycles. The third-order valence-electron chi connectivity index (χ3n) is 5.94. The van der Waals surface area contributed by atoms with Gasteiger partial charge in [-0.1, -0.05) is 26.8 Å². The second kappa shape index (κ2) is 9.58. The lowest BCUT2D eigenvalue weighted by Crippen LogP contribution is -2.59. The number of hydrogen-bond acceptors (Lipinski definition) is 5. The second-order valence-electron chi connectivity index (χ2n) is 9.30. The highest BCUT2D eigenvalue weighted by Gasteiger charge is 2.61. The number of amides is 5. The van der Waals surface area contributed by atoms with Crippen molar-refractivity contribution in [1.29, 1.82) is 0 Å². The first-order valence-electron chi connectivity index (χ1n) is 10.6. The Morgan fingerprint density at radius 2 is 1.91 bits per heavy atom. The maximum atomic E-state index is 13.0. The van der Waals surface area contributed by atoms with Crippen LogP contribution in [-0.4, -0.2) is 77.5 Å². The van der Waals surface area contributed by atoms with Crippen molar-refractivity contribution in [3.8, 4) is 0 Å². The zero-order valence-electron chi connectivity index (χ0n) is 19.0. The summed E-state index contributed by atoms with van der Waals surface area (Å²) in [6.07, 6.45) is 2.71. The van der Waals surface area contributed by atoms with Crippen LogP contribution in [0.3, 0.4) is 0 Å². The molecule has 0 radical (unpaired) electrons. The molecule has 2 rings (SSSR count). The summed E-state index contributed by atoms with van der Waals surface area (Å²) in [7, 11) is 1.45. The molecule has 0 aromatic carbocycles. The third kappa shape index (κ3) is 5.38. The Morgan fingerprint density at radius 1 is 1.25 bits per heavy atom. The Hall–Kier alpha value is -3.11. The maximum Gasteiger partial charge on any atom is 0.330 e. The van der Waals surface area contributed by atoms with Gasteiger partial charge in [-0.15, -0.1) is 6.58 Å². The number of nitrogens with one attached hydrogen (secondary N) is 4. The first-order chi connectivity index (χ1) is 14.9. The summed E-state index contributed by atoms with van der Waals surface area (Å²) in [5, 5.41) is 19.7. The van der Waals surface area contributed by atoms with Crippen LogP contribution in [0.15, 0.2) is 12.7 Å². The van der Waals surface area contributed by atoms with Crippen LogP contribution in [0.25, 0.3) is 0 Å². The lowest BCUT2D eigenvalue weighted by molar-refractivity contribution is -0.144. The molecule has 0 aromatic heterocycles. The molecule has 11 heteroatoms. The van der Waals surface area contributed by atoms with Crippen molar-refractivity contribution in [3.05, 3.63) is 12.7 Å². The summed E-state index contributed by atoms with van der Waals surface area (Å²) < 4.78 is 0. The lowest BCUT2D eigenvalue weighted by atomic mass is 9.86. The smallest absolute Gasteiger partial charge is 0.330 e. The van der Waals surface area contributed by atoms with Gasteiger partial charge in [0, 0.05) is 19.5 Å². The van der Waals surface area contributed by atoms with Gasteiger partial charge in [-0.25, -0.2) is 9.59 Å². The number of carboxylic acid groups (broad SMARTS) is 1. The van der Waals surface area contributed by atoms with Crippen LogP contribution < -0.4 is 21.3 Å². The van der Waals surface area contributed by atoms with Crippen molar-refractivity contribution in [2.45, 2.75) is 57.7 Å². The molecule has 178 valence electrons. The van der Waals surface area contributed by atoms with Gasteiger partial charge in [0.25, 0.3) is 0 Å². The molecule has 1 heterocycles. The van der Waals surface area contributed by atoms with Gasteiger partial charge in [0.2, 0.25) is 17.7 Å². The van der Waals surface area contributed by atoms with E-state index in [0.717, 1.165) is 0 Å². The molecular weight excluding hydrogens is 418 g/mol. The summed E-state index contributed by atoms with van der Waals surface area (Å²) in [4.78, 5) is 62.9. The van der Waals surface area contributed by atoms with Crippen LogP contribution >= 0.6 is 0 Å². The van der Waals surface area contributed by atoms with Crippen LogP contribution in [0.1, 0.15) is 40.0 Å². The van der Waals surface area contributed by atoms with Crippen LogP contribution in [0, 0.1) is 11.3 Å². The van der Waals surface area contributed by atoms with E-state index in [-0.39, 0.29) is 24.8 Å². The lowest BCUT2D eigenvalue weighted by Gasteiger charge is -2.33. The third-order valence-corrected chi connectivity index (χ3v) is 5.94. The molecule has 5 amide bonds. The van der Waals surface area contributed by atoms with E-state index in [1.807, 2.05) is 0 Å². The Balaban J connectivity index is 2.08. The minimum absolute atomic E-state index is 0.228. The second-order valence-corrected chi connectivity index (χ2v) is 9.30. The molecule has 0 spiro atoms. The van der Waals surface area contributed by atoms with Gasteiger partial charge in [0.15, 0.2) is 0 Å². The number of nitrogens with zero attached hydrogens (tertiary/aromatic N) is 1. The molecule has 1 saturated carbocycles. The number of likely N-dealkylation sites (N-methyl/N-ethyl adjacent to an activating group) is 1. The Kier molecular flexibility index (Phi) is 7.53. The fraction of sp³-hybridized carbons (Fsp3) is 0.667. The Bertz CT molecular complexity index is 807. The fourth-order valence-electron chi connectivity index (χ4n) is 3.84. The van der Waals surface area contributed by atoms with Crippen LogP contribution in [-0.2, 0) is 19.2 Å². The number of likely N-dealkylation sites (tertiary alicyclic amines) is 1. The highest BCUT2D eigenvalue weighted by Crippen LogP contribution is 2.44. The van der Waals surface area contributed by atoms with Crippen molar-refractivity contribution in [1.82, 2.24) is 26.2 Å². The van der Waals surface area contributed by atoms with E-state index in [2.05, 4.69) is 27.8 Å². The SMILES string of the molecule is C=C[C@@H]1C[C@]1(NC(=O)[C@@H]1CCCN1C(=O)N[C@H](C(=O)NCC(=O)NC)C(C)(C)C)C(=O)O. The van der Waals surface area contributed by atoms with E-state index in [4.69, 9.17) is 0 Å². The first kappa shape index (κ1) is 25.2. The molecule has 32 heavy (non-hydrogen) atoms. The highest BCUT2D eigenvalue weighted by atomic mass is 16.4. The normalized spacial score (nSPS) is 25.3. The number of carbonyl (C=O) groups excluding carboxylic acids is 4. The highest BCUT2D eigenvalue weighted by molar-refractivity contribution is 5.95. The van der Waals surface area contributed by atoms with Gasteiger partial charge >= 0.3 is 12.0 Å². The summed E-state index contributed by atoms with van der Waals surface area (Å²) in [6.45, 7) is 8.97.